The molecular formula is C14H11NO3S. The molecule has 3 rings (SSSR count). The van der Waals surface area contributed by atoms with Gasteiger partial charge in [0.25, 0.3) is 5.24 Å². The zero-order valence-electron chi connectivity index (χ0n) is 9.92. The van der Waals surface area contributed by atoms with Crippen LogP contribution < -0.4 is 5.32 Å². The van der Waals surface area contributed by atoms with Gasteiger partial charge in [-0.15, -0.1) is 0 Å². The van der Waals surface area contributed by atoms with E-state index < -0.39 is 0 Å². The monoisotopic (exact) mass is 273 g/mol. The average Bonchev–Trinajstić information content (AvgIpc) is 2.68. The highest BCUT2D eigenvalue weighted by atomic mass is 32.2. The third kappa shape index (κ3) is 2.42. The van der Waals surface area contributed by atoms with E-state index in [1.54, 1.807) is 12.1 Å². The van der Waals surface area contributed by atoms with E-state index in [0.29, 0.717) is 6.42 Å². The van der Waals surface area contributed by atoms with Gasteiger partial charge in [-0.2, -0.15) is 0 Å². The number of carbonyl (C=O) groups is 2. The maximum Gasteiger partial charge on any atom is 0.286 e. The number of nitrogens with one attached hydrogen (secondary N) is 1. The lowest BCUT2D eigenvalue weighted by molar-refractivity contribution is -0.118. The molecule has 19 heavy (non-hydrogen) atoms. The minimum Gasteiger partial charge on any atom is -0.508 e. The first-order chi connectivity index (χ1) is 9.11. The molecule has 0 spiro atoms. The Balaban J connectivity index is 1.87. The maximum atomic E-state index is 11.5. The zero-order valence-corrected chi connectivity index (χ0v) is 10.7. The van der Waals surface area contributed by atoms with E-state index in [1.807, 2.05) is 24.3 Å². The van der Waals surface area contributed by atoms with E-state index in [-0.39, 0.29) is 22.1 Å². The number of hydrogen-bond acceptors (Lipinski definition) is 4. The molecule has 1 unspecified atom stereocenters. The molecule has 0 aromatic heterocycles. The summed E-state index contributed by atoms with van der Waals surface area (Å²) >= 11 is 1.04. The number of thioether (sulfide) groups is 1. The lowest BCUT2D eigenvalue weighted by Gasteiger charge is -2.07. The first-order valence-electron chi connectivity index (χ1n) is 5.85. The summed E-state index contributed by atoms with van der Waals surface area (Å²) in [7, 11) is 0. The number of benzene rings is 2. The van der Waals surface area contributed by atoms with Crippen LogP contribution in [0.5, 0.6) is 5.75 Å². The molecule has 0 radical (unpaired) electrons. The Morgan fingerprint density at radius 1 is 1.11 bits per heavy atom. The minimum absolute atomic E-state index is 0.221. The highest BCUT2D eigenvalue weighted by Gasteiger charge is 2.31. The number of rotatable bonds is 2. The van der Waals surface area contributed by atoms with Crippen LogP contribution in [0.25, 0.3) is 10.8 Å². The summed E-state index contributed by atoms with van der Waals surface area (Å²) in [5.41, 5.74) is 1.00. The van der Waals surface area contributed by atoms with Gasteiger partial charge in [-0.25, -0.2) is 0 Å². The molecule has 4 nitrogen and oxygen atoms in total. The van der Waals surface area contributed by atoms with E-state index in [1.165, 1.54) is 0 Å². The average molecular weight is 273 g/mol. The Morgan fingerprint density at radius 2 is 1.84 bits per heavy atom. The molecule has 0 bridgehead atoms. The Hall–Kier alpha value is -2.01. The van der Waals surface area contributed by atoms with Gasteiger partial charge in [0.05, 0.1) is 5.25 Å². The van der Waals surface area contributed by atoms with E-state index in [9.17, 15) is 14.7 Å². The van der Waals surface area contributed by atoms with Crippen molar-refractivity contribution in [3.63, 3.8) is 0 Å². The maximum absolute atomic E-state index is 11.5. The second-order valence-corrected chi connectivity index (χ2v) is 5.63. The number of phenolic OH excluding ortho intramolecular Hbond substituents is 1. The summed E-state index contributed by atoms with van der Waals surface area (Å²) in [4.78, 5) is 22.6. The number of phenols is 1. The Bertz CT molecular complexity index is 683. The molecule has 1 aliphatic heterocycles. The van der Waals surface area contributed by atoms with Crippen LogP contribution in [-0.2, 0) is 11.2 Å². The molecule has 5 heteroatoms. The van der Waals surface area contributed by atoms with Crippen LogP contribution in [0.3, 0.4) is 0 Å². The van der Waals surface area contributed by atoms with Gasteiger partial charge in [0.15, 0.2) is 0 Å². The fourth-order valence-corrected chi connectivity index (χ4v) is 3.01. The van der Waals surface area contributed by atoms with Gasteiger partial charge in [-0.05, 0) is 34.9 Å². The number of hydrogen-bond donors (Lipinski definition) is 2. The third-order valence-corrected chi connectivity index (χ3v) is 4.06. The van der Waals surface area contributed by atoms with E-state index in [2.05, 4.69) is 5.32 Å². The van der Waals surface area contributed by atoms with Gasteiger partial charge in [-0.3, -0.25) is 14.9 Å². The van der Waals surface area contributed by atoms with Crippen molar-refractivity contribution in [2.24, 2.45) is 0 Å². The smallest absolute Gasteiger partial charge is 0.286 e. The van der Waals surface area contributed by atoms with Crippen molar-refractivity contribution in [3.05, 3.63) is 42.0 Å². The number of amides is 2. The molecule has 2 aromatic carbocycles. The summed E-state index contributed by atoms with van der Waals surface area (Å²) in [5.74, 6) is 0.0115. The second kappa shape index (κ2) is 4.59. The summed E-state index contributed by atoms with van der Waals surface area (Å²) < 4.78 is 0. The van der Waals surface area contributed by atoms with Gasteiger partial charge in [0, 0.05) is 0 Å². The van der Waals surface area contributed by atoms with Gasteiger partial charge >= 0.3 is 0 Å². The fraction of sp³-hybridized carbons (Fsp3) is 0.143. The van der Waals surface area contributed by atoms with Crippen LogP contribution in [0, 0.1) is 0 Å². The molecule has 2 N–H and O–H groups in total. The second-order valence-electron chi connectivity index (χ2n) is 4.45. The normalized spacial score (nSPS) is 18.8. The number of aromatic hydroxyl groups is 1. The topological polar surface area (TPSA) is 66.4 Å². The van der Waals surface area contributed by atoms with Crippen molar-refractivity contribution in [3.8, 4) is 5.75 Å². The van der Waals surface area contributed by atoms with Crippen LogP contribution in [0.1, 0.15) is 5.56 Å². The van der Waals surface area contributed by atoms with Gasteiger partial charge in [-0.1, -0.05) is 36.0 Å². The molecule has 1 saturated heterocycles. The van der Waals surface area contributed by atoms with Crippen molar-refractivity contribution in [2.75, 3.05) is 0 Å². The van der Waals surface area contributed by atoms with Crippen LogP contribution in [0.15, 0.2) is 36.4 Å². The highest BCUT2D eigenvalue weighted by molar-refractivity contribution is 8.15. The summed E-state index contributed by atoms with van der Waals surface area (Å²) in [6.45, 7) is 0. The molecule has 0 aliphatic carbocycles. The van der Waals surface area contributed by atoms with Crippen LogP contribution >= 0.6 is 11.8 Å². The van der Waals surface area contributed by atoms with Crippen LogP contribution in [-0.4, -0.2) is 21.5 Å². The Morgan fingerprint density at radius 3 is 2.58 bits per heavy atom. The highest BCUT2D eigenvalue weighted by Crippen LogP contribution is 2.26. The lowest BCUT2D eigenvalue weighted by Crippen LogP contribution is -2.25. The molecule has 1 heterocycles. The molecule has 1 atom stereocenters. The van der Waals surface area contributed by atoms with Crippen molar-refractivity contribution in [2.45, 2.75) is 11.7 Å². The summed E-state index contributed by atoms with van der Waals surface area (Å²) in [6, 6.07) is 11.0. The van der Waals surface area contributed by atoms with E-state index in [0.717, 1.165) is 28.1 Å². The zero-order chi connectivity index (χ0) is 13.4. The number of fused-ring (bicyclic) bond motifs is 1. The van der Waals surface area contributed by atoms with Crippen LogP contribution in [0.2, 0.25) is 0 Å². The van der Waals surface area contributed by atoms with Crippen molar-refractivity contribution in [1.82, 2.24) is 5.32 Å². The summed E-state index contributed by atoms with van der Waals surface area (Å²) in [5, 5.41) is 13.0. The lowest BCUT2D eigenvalue weighted by atomic mass is 10.0. The molecular weight excluding hydrogens is 262 g/mol. The first-order valence-corrected chi connectivity index (χ1v) is 6.73. The number of carbonyl (C=O) groups excluding carboxylic acids is 2. The fourth-order valence-electron chi connectivity index (χ4n) is 2.15. The molecule has 1 aliphatic rings. The Labute approximate surface area is 113 Å². The molecule has 0 saturated carbocycles. The van der Waals surface area contributed by atoms with Gasteiger partial charge in [0.1, 0.15) is 5.75 Å². The van der Waals surface area contributed by atoms with Crippen molar-refractivity contribution >= 4 is 33.7 Å². The largest absolute Gasteiger partial charge is 0.508 e. The van der Waals surface area contributed by atoms with Gasteiger partial charge < -0.3 is 5.11 Å². The van der Waals surface area contributed by atoms with Crippen molar-refractivity contribution in [1.29, 1.82) is 0 Å². The van der Waals surface area contributed by atoms with E-state index >= 15 is 0 Å². The Kier molecular flexibility index (Phi) is 2.91. The number of imide groups is 1. The predicted octanol–water partition coefficient (Wildman–Crippen LogP) is 2.44. The predicted molar refractivity (Wildman–Crippen MR) is 74.2 cm³/mol. The molecule has 96 valence electrons. The molecule has 2 amide bonds. The third-order valence-electron chi connectivity index (χ3n) is 3.08. The standard InChI is InChI=1S/C14H11NO3S/c16-11-4-3-9-5-8(1-2-10(9)7-11)6-12-13(17)15-14(18)19-12/h1-5,7,12,16H,6H2,(H,15,17,18). The van der Waals surface area contributed by atoms with Crippen molar-refractivity contribution < 1.29 is 14.7 Å². The van der Waals surface area contributed by atoms with Crippen LogP contribution in [0.4, 0.5) is 4.79 Å². The SMILES string of the molecule is O=C1NC(=O)C(Cc2ccc3cc(O)ccc3c2)S1. The quantitative estimate of drug-likeness (QED) is 0.882. The minimum atomic E-state index is -0.345. The molecule has 2 aromatic rings. The van der Waals surface area contributed by atoms with Gasteiger partial charge in [0.2, 0.25) is 5.91 Å². The first kappa shape index (κ1) is 12.0. The molecule has 1 fully saturated rings. The summed E-state index contributed by atoms with van der Waals surface area (Å²) in [6.07, 6.45) is 0.527. The van der Waals surface area contributed by atoms with E-state index in [4.69, 9.17) is 0 Å².